The summed E-state index contributed by atoms with van der Waals surface area (Å²) in [6.07, 6.45) is 5.81. The van der Waals surface area contributed by atoms with Crippen LogP contribution in [0.1, 0.15) is 31.6 Å². The minimum absolute atomic E-state index is 0.0488. The molecular weight excluding hydrogens is 304 g/mol. The molecule has 1 aromatic carbocycles. The first kappa shape index (κ1) is 15.2. The van der Waals surface area contributed by atoms with Crippen molar-refractivity contribution in [3.05, 3.63) is 42.5 Å². The fourth-order valence-electron chi connectivity index (χ4n) is 3.20. The normalized spacial score (nSPS) is 20.8. The number of fused-ring (bicyclic) bond motifs is 1. The highest BCUT2D eigenvalue weighted by atomic mass is 16.5. The number of aliphatic hydroxyl groups is 1. The molecule has 1 aliphatic heterocycles. The maximum atomic E-state index is 9.25. The third kappa shape index (κ3) is 2.57. The highest BCUT2D eigenvalue weighted by Gasteiger charge is 2.27. The van der Waals surface area contributed by atoms with Gasteiger partial charge in [-0.3, -0.25) is 4.57 Å². The van der Waals surface area contributed by atoms with Crippen LogP contribution in [0.4, 0.5) is 0 Å². The zero-order chi connectivity index (χ0) is 16.5. The molecule has 4 rings (SSSR count). The quantitative estimate of drug-likeness (QED) is 0.799. The molecule has 1 saturated heterocycles. The van der Waals surface area contributed by atoms with Crippen LogP contribution < -0.4 is 0 Å². The molecule has 1 N–H and O–H groups in total. The van der Waals surface area contributed by atoms with Gasteiger partial charge in [0.1, 0.15) is 23.8 Å². The van der Waals surface area contributed by atoms with Gasteiger partial charge in [0.2, 0.25) is 0 Å². The van der Waals surface area contributed by atoms with Crippen molar-refractivity contribution < 1.29 is 9.84 Å². The van der Waals surface area contributed by atoms with Crippen LogP contribution in [0.25, 0.3) is 22.4 Å². The standard InChI is InChI=1S/C18H20N4O2/c1-2-12-3-5-13(6-4-12)16-17-18(20-10-19-16)22(11-21-17)15-8-7-14(9-23)24-15/h3-6,10-11,14-15,23H,2,7-9H2,1H3. The Morgan fingerprint density at radius 2 is 2.00 bits per heavy atom. The van der Waals surface area contributed by atoms with Crippen LogP contribution in [0.2, 0.25) is 0 Å². The Kier molecular flexibility index (Phi) is 4.00. The van der Waals surface area contributed by atoms with E-state index >= 15 is 0 Å². The van der Waals surface area contributed by atoms with Crippen molar-refractivity contribution in [1.82, 2.24) is 19.5 Å². The van der Waals surface area contributed by atoms with Crippen molar-refractivity contribution in [1.29, 1.82) is 0 Å². The lowest BCUT2D eigenvalue weighted by Crippen LogP contribution is -2.14. The van der Waals surface area contributed by atoms with Crippen LogP contribution >= 0.6 is 0 Å². The van der Waals surface area contributed by atoms with Gasteiger partial charge < -0.3 is 9.84 Å². The molecule has 2 unspecified atom stereocenters. The molecule has 0 bridgehead atoms. The number of imidazole rings is 1. The molecule has 1 fully saturated rings. The SMILES string of the molecule is CCc1ccc(-c2ncnc3c2ncn3C2CCC(CO)O2)cc1. The first-order valence-corrected chi connectivity index (χ1v) is 8.33. The highest BCUT2D eigenvalue weighted by Crippen LogP contribution is 2.32. The van der Waals surface area contributed by atoms with E-state index in [9.17, 15) is 5.11 Å². The van der Waals surface area contributed by atoms with Crippen molar-refractivity contribution in [2.75, 3.05) is 6.61 Å². The Hall–Kier alpha value is -2.31. The third-order valence-electron chi connectivity index (χ3n) is 4.59. The van der Waals surface area contributed by atoms with Gasteiger partial charge in [0.15, 0.2) is 5.65 Å². The molecule has 2 aromatic heterocycles. The van der Waals surface area contributed by atoms with Crippen LogP contribution in [-0.4, -0.2) is 37.3 Å². The zero-order valence-electron chi connectivity index (χ0n) is 13.6. The van der Waals surface area contributed by atoms with E-state index in [2.05, 4.69) is 46.1 Å². The van der Waals surface area contributed by atoms with Gasteiger partial charge in [0.25, 0.3) is 0 Å². The summed E-state index contributed by atoms with van der Waals surface area (Å²) in [6.45, 7) is 2.19. The molecule has 0 radical (unpaired) electrons. The van der Waals surface area contributed by atoms with Crippen molar-refractivity contribution >= 4 is 11.2 Å². The summed E-state index contributed by atoms with van der Waals surface area (Å²) in [5.41, 5.74) is 4.70. The summed E-state index contributed by atoms with van der Waals surface area (Å²) in [6, 6.07) is 8.39. The van der Waals surface area contributed by atoms with Gasteiger partial charge in [0.05, 0.1) is 19.0 Å². The van der Waals surface area contributed by atoms with E-state index in [1.165, 1.54) is 5.56 Å². The van der Waals surface area contributed by atoms with E-state index in [0.717, 1.165) is 41.7 Å². The molecule has 6 heteroatoms. The summed E-state index contributed by atoms with van der Waals surface area (Å²) in [7, 11) is 0. The molecule has 6 nitrogen and oxygen atoms in total. The number of ether oxygens (including phenoxy) is 1. The molecule has 1 aliphatic rings. The molecule has 124 valence electrons. The van der Waals surface area contributed by atoms with E-state index in [1.807, 2.05) is 4.57 Å². The van der Waals surface area contributed by atoms with Crippen LogP contribution in [0.3, 0.4) is 0 Å². The second-order valence-corrected chi connectivity index (χ2v) is 6.07. The number of benzene rings is 1. The molecule has 0 spiro atoms. The van der Waals surface area contributed by atoms with Crippen LogP contribution in [0.5, 0.6) is 0 Å². The fourth-order valence-corrected chi connectivity index (χ4v) is 3.20. The summed E-state index contributed by atoms with van der Waals surface area (Å²) < 4.78 is 7.79. The van der Waals surface area contributed by atoms with Crippen LogP contribution in [-0.2, 0) is 11.2 Å². The Labute approximate surface area is 140 Å². The molecule has 2 atom stereocenters. The molecule has 24 heavy (non-hydrogen) atoms. The summed E-state index contributed by atoms with van der Waals surface area (Å²) in [5, 5.41) is 9.25. The van der Waals surface area contributed by atoms with Gasteiger partial charge in [-0.1, -0.05) is 31.2 Å². The Bertz CT molecular complexity index is 844. The summed E-state index contributed by atoms with van der Waals surface area (Å²) in [4.78, 5) is 13.4. The minimum Gasteiger partial charge on any atom is -0.394 e. The first-order chi connectivity index (χ1) is 11.8. The van der Waals surface area contributed by atoms with Crippen molar-refractivity contribution in [3.8, 4) is 11.3 Å². The van der Waals surface area contributed by atoms with E-state index < -0.39 is 0 Å². The lowest BCUT2D eigenvalue weighted by Gasteiger charge is -2.13. The van der Waals surface area contributed by atoms with Gasteiger partial charge in [-0.2, -0.15) is 0 Å². The van der Waals surface area contributed by atoms with Crippen molar-refractivity contribution in [2.45, 2.75) is 38.5 Å². The van der Waals surface area contributed by atoms with E-state index in [-0.39, 0.29) is 18.9 Å². The fraction of sp³-hybridized carbons (Fsp3) is 0.389. The van der Waals surface area contributed by atoms with Crippen molar-refractivity contribution in [3.63, 3.8) is 0 Å². The number of nitrogens with zero attached hydrogens (tertiary/aromatic N) is 4. The number of aromatic nitrogens is 4. The van der Waals surface area contributed by atoms with E-state index in [0.29, 0.717) is 0 Å². The molecule has 3 heterocycles. The third-order valence-corrected chi connectivity index (χ3v) is 4.59. The second-order valence-electron chi connectivity index (χ2n) is 6.07. The summed E-state index contributed by atoms with van der Waals surface area (Å²) >= 11 is 0. The topological polar surface area (TPSA) is 73.1 Å². The molecule has 0 amide bonds. The maximum absolute atomic E-state index is 9.25. The largest absolute Gasteiger partial charge is 0.394 e. The van der Waals surface area contributed by atoms with Gasteiger partial charge in [-0.15, -0.1) is 0 Å². The average Bonchev–Trinajstić information content (AvgIpc) is 3.28. The number of aryl methyl sites for hydroxylation is 1. The predicted octanol–water partition coefficient (Wildman–Crippen LogP) is 2.73. The molecule has 0 saturated carbocycles. The summed E-state index contributed by atoms with van der Waals surface area (Å²) in [5.74, 6) is 0. The van der Waals surface area contributed by atoms with Crippen molar-refractivity contribution in [2.24, 2.45) is 0 Å². The average molecular weight is 324 g/mol. The van der Waals surface area contributed by atoms with Gasteiger partial charge >= 0.3 is 0 Å². The lowest BCUT2D eigenvalue weighted by molar-refractivity contribution is -0.0207. The molecular formula is C18H20N4O2. The highest BCUT2D eigenvalue weighted by molar-refractivity contribution is 5.87. The number of hydrogen-bond donors (Lipinski definition) is 1. The monoisotopic (exact) mass is 324 g/mol. The number of hydrogen-bond acceptors (Lipinski definition) is 5. The van der Waals surface area contributed by atoms with Gasteiger partial charge in [-0.05, 0) is 24.8 Å². The van der Waals surface area contributed by atoms with Gasteiger partial charge in [-0.25, -0.2) is 15.0 Å². The lowest BCUT2D eigenvalue weighted by atomic mass is 10.1. The smallest absolute Gasteiger partial charge is 0.165 e. The van der Waals surface area contributed by atoms with Crippen LogP contribution in [0.15, 0.2) is 36.9 Å². The number of aliphatic hydroxyl groups excluding tert-OH is 1. The van der Waals surface area contributed by atoms with E-state index in [4.69, 9.17) is 4.74 Å². The molecule has 3 aromatic rings. The first-order valence-electron chi connectivity index (χ1n) is 8.33. The van der Waals surface area contributed by atoms with Crippen LogP contribution in [0, 0.1) is 0 Å². The Morgan fingerprint density at radius 3 is 2.71 bits per heavy atom. The minimum atomic E-state index is -0.127. The second kappa shape index (κ2) is 6.30. The zero-order valence-corrected chi connectivity index (χ0v) is 13.6. The predicted molar refractivity (Wildman–Crippen MR) is 90.4 cm³/mol. The maximum Gasteiger partial charge on any atom is 0.165 e. The van der Waals surface area contributed by atoms with E-state index in [1.54, 1.807) is 12.7 Å². The Balaban J connectivity index is 1.73. The molecule has 0 aliphatic carbocycles. The number of rotatable bonds is 4. The Morgan fingerprint density at radius 1 is 1.17 bits per heavy atom. The van der Waals surface area contributed by atoms with Gasteiger partial charge in [0, 0.05) is 5.56 Å².